The second kappa shape index (κ2) is 3.92. The van der Waals surface area contributed by atoms with E-state index >= 15 is 0 Å². The molecule has 1 radical (unpaired) electrons. The third-order valence-corrected chi connectivity index (χ3v) is 1.67. The van der Waals surface area contributed by atoms with E-state index in [1.54, 1.807) is 0 Å². The number of rotatable bonds is 2. The largest absolute Gasteiger partial charge is 0.573 e. The Morgan fingerprint density at radius 2 is 2.00 bits per heavy atom. The van der Waals surface area contributed by atoms with E-state index in [0.29, 0.717) is 5.56 Å². The van der Waals surface area contributed by atoms with Gasteiger partial charge in [0.2, 0.25) is 0 Å². The van der Waals surface area contributed by atoms with E-state index in [0.717, 1.165) is 6.07 Å². The topological polar surface area (TPSA) is 9.23 Å². The van der Waals surface area contributed by atoms with Gasteiger partial charge >= 0.3 is 6.36 Å². The first-order valence-electron chi connectivity index (χ1n) is 3.51. The van der Waals surface area contributed by atoms with Crippen LogP contribution in [0.4, 0.5) is 13.2 Å². The maximum absolute atomic E-state index is 11.8. The van der Waals surface area contributed by atoms with Crippen molar-refractivity contribution in [3.05, 3.63) is 41.4 Å². The Morgan fingerprint density at radius 1 is 1.36 bits per heavy atom. The molecule has 0 aliphatic heterocycles. The summed E-state index contributed by atoms with van der Waals surface area (Å²) in [6.45, 7) is 3.29. The van der Waals surface area contributed by atoms with Crippen LogP contribution in [-0.2, 0) is 0 Å². The SMILES string of the molecule is C=[C]c1ccc(Cl)c(OC(F)(F)F)c1. The molecule has 0 spiro atoms. The van der Waals surface area contributed by atoms with Crippen LogP contribution < -0.4 is 4.74 Å². The van der Waals surface area contributed by atoms with E-state index in [1.165, 1.54) is 12.1 Å². The van der Waals surface area contributed by atoms with Gasteiger partial charge in [0.1, 0.15) is 5.75 Å². The standard InChI is InChI=1S/C9H5ClF3O/c1-2-6-3-4-7(10)8(5-6)14-9(11,12)13/h3-5H,1H2. The lowest BCUT2D eigenvalue weighted by atomic mass is 10.2. The molecule has 5 heteroatoms. The summed E-state index contributed by atoms with van der Waals surface area (Å²) in [6.07, 6.45) is -2.32. The van der Waals surface area contributed by atoms with Crippen LogP contribution in [0.5, 0.6) is 5.75 Å². The molecule has 0 bridgehead atoms. The summed E-state index contributed by atoms with van der Waals surface area (Å²) < 4.78 is 39.2. The minimum Gasteiger partial charge on any atom is -0.404 e. The van der Waals surface area contributed by atoms with E-state index in [9.17, 15) is 13.2 Å². The van der Waals surface area contributed by atoms with Crippen molar-refractivity contribution in [1.29, 1.82) is 0 Å². The highest BCUT2D eigenvalue weighted by Crippen LogP contribution is 2.30. The molecule has 1 nitrogen and oxygen atoms in total. The predicted octanol–water partition coefficient (Wildman–Crippen LogP) is 3.58. The van der Waals surface area contributed by atoms with Gasteiger partial charge in [0.25, 0.3) is 0 Å². The van der Waals surface area contributed by atoms with Crippen molar-refractivity contribution in [1.82, 2.24) is 0 Å². The van der Waals surface area contributed by atoms with Crippen molar-refractivity contribution in [3.63, 3.8) is 0 Å². The van der Waals surface area contributed by atoms with Crippen molar-refractivity contribution >= 4 is 11.6 Å². The van der Waals surface area contributed by atoms with Gasteiger partial charge in [-0.2, -0.15) is 0 Å². The molecule has 0 fully saturated rings. The Kier molecular flexibility index (Phi) is 3.06. The third-order valence-electron chi connectivity index (χ3n) is 1.36. The Hall–Kier alpha value is -1.16. The fraction of sp³-hybridized carbons (Fsp3) is 0.111. The summed E-state index contributed by atoms with van der Waals surface area (Å²) in [5, 5.41) is -0.110. The van der Waals surface area contributed by atoms with Gasteiger partial charge in [-0.25, -0.2) is 0 Å². The maximum atomic E-state index is 11.8. The Morgan fingerprint density at radius 3 is 2.50 bits per heavy atom. The van der Waals surface area contributed by atoms with E-state index < -0.39 is 12.1 Å². The molecule has 0 aromatic heterocycles. The molecule has 1 aromatic carbocycles. The summed E-state index contributed by atoms with van der Waals surface area (Å²) >= 11 is 5.49. The highest BCUT2D eigenvalue weighted by Gasteiger charge is 2.32. The molecular formula is C9H5ClF3O. The smallest absolute Gasteiger partial charge is 0.404 e. The second-order valence-corrected chi connectivity index (χ2v) is 2.78. The fourth-order valence-corrected chi connectivity index (χ4v) is 0.972. The summed E-state index contributed by atoms with van der Waals surface area (Å²) in [5.74, 6) is -0.451. The summed E-state index contributed by atoms with van der Waals surface area (Å²) in [6, 6.07) is 3.89. The number of hydrogen-bond acceptors (Lipinski definition) is 1. The van der Waals surface area contributed by atoms with E-state index in [4.69, 9.17) is 11.6 Å². The molecule has 0 atom stereocenters. The lowest BCUT2D eigenvalue weighted by molar-refractivity contribution is -0.274. The predicted molar refractivity (Wildman–Crippen MR) is 46.1 cm³/mol. The van der Waals surface area contributed by atoms with Gasteiger partial charge in [0.15, 0.2) is 0 Å². The molecule has 0 aliphatic carbocycles. The molecule has 1 aromatic rings. The highest BCUT2D eigenvalue weighted by atomic mass is 35.5. The van der Waals surface area contributed by atoms with Crippen LogP contribution in [0.2, 0.25) is 5.02 Å². The van der Waals surface area contributed by atoms with Crippen LogP contribution in [-0.4, -0.2) is 6.36 Å². The molecule has 75 valence electrons. The normalized spacial score (nSPS) is 11.1. The number of benzene rings is 1. The van der Waals surface area contributed by atoms with Gasteiger partial charge < -0.3 is 4.74 Å². The second-order valence-electron chi connectivity index (χ2n) is 2.37. The number of ether oxygens (including phenoxy) is 1. The van der Waals surface area contributed by atoms with Crippen LogP contribution in [0.25, 0.3) is 0 Å². The van der Waals surface area contributed by atoms with E-state index in [-0.39, 0.29) is 5.02 Å². The molecule has 0 saturated heterocycles. The van der Waals surface area contributed by atoms with Crippen LogP contribution >= 0.6 is 11.6 Å². The molecule has 0 aliphatic rings. The van der Waals surface area contributed by atoms with Gasteiger partial charge in [-0.05, 0) is 23.8 Å². The zero-order valence-electron chi connectivity index (χ0n) is 6.86. The summed E-state index contributed by atoms with van der Waals surface area (Å²) in [4.78, 5) is 0. The van der Waals surface area contributed by atoms with Crippen molar-refractivity contribution in [2.24, 2.45) is 0 Å². The molecule has 0 saturated carbocycles. The van der Waals surface area contributed by atoms with E-state index in [1.807, 2.05) is 0 Å². The molecule has 0 N–H and O–H groups in total. The first-order chi connectivity index (χ1) is 6.42. The van der Waals surface area contributed by atoms with Crippen molar-refractivity contribution in [2.45, 2.75) is 6.36 Å². The van der Waals surface area contributed by atoms with Crippen molar-refractivity contribution in [3.8, 4) is 5.75 Å². The monoisotopic (exact) mass is 221 g/mol. The zero-order valence-corrected chi connectivity index (χ0v) is 7.62. The van der Waals surface area contributed by atoms with Crippen LogP contribution in [0.1, 0.15) is 5.56 Å². The van der Waals surface area contributed by atoms with Gasteiger partial charge in [-0.1, -0.05) is 24.2 Å². The van der Waals surface area contributed by atoms with Gasteiger partial charge in [0.05, 0.1) is 5.02 Å². The van der Waals surface area contributed by atoms with Crippen molar-refractivity contribution in [2.75, 3.05) is 0 Å². The van der Waals surface area contributed by atoms with Gasteiger partial charge in [0, 0.05) is 0 Å². The Labute approximate surface area is 83.8 Å². The molecule has 1 rings (SSSR count). The van der Waals surface area contributed by atoms with Gasteiger partial charge in [-0.3, -0.25) is 0 Å². The Bertz CT molecular complexity index is 346. The molecule has 0 heterocycles. The van der Waals surface area contributed by atoms with Crippen LogP contribution in [0.3, 0.4) is 0 Å². The summed E-state index contributed by atoms with van der Waals surface area (Å²) in [7, 11) is 0. The lowest BCUT2D eigenvalue weighted by Gasteiger charge is -2.10. The maximum Gasteiger partial charge on any atom is 0.573 e. The summed E-state index contributed by atoms with van der Waals surface area (Å²) in [5.41, 5.74) is 0.383. The Balaban J connectivity index is 3.01. The third kappa shape index (κ3) is 2.96. The number of hydrogen-bond donors (Lipinski definition) is 0. The van der Waals surface area contributed by atoms with Crippen molar-refractivity contribution < 1.29 is 17.9 Å². The van der Waals surface area contributed by atoms with Crippen LogP contribution in [0, 0.1) is 6.08 Å². The molecule has 14 heavy (non-hydrogen) atoms. The molecule has 0 unspecified atom stereocenters. The average Bonchev–Trinajstić information content (AvgIpc) is 2.06. The number of halogens is 4. The van der Waals surface area contributed by atoms with Gasteiger partial charge in [-0.15, -0.1) is 13.2 Å². The lowest BCUT2D eigenvalue weighted by Crippen LogP contribution is -2.17. The van der Waals surface area contributed by atoms with E-state index in [2.05, 4.69) is 17.4 Å². The highest BCUT2D eigenvalue weighted by molar-refractivity contribution is 6.32. The number of alkyl halides is 3. The molecule has 0 amide bonds. The first kappa shape index (κ1) is 10.9. The first-order valence-corrected chi connectivity index (χ1v) is 3.88. The average molecular weight is 222 g/mol. The van der Waals surface area contributed by atoms with Crippen LogP contribution in [0.15, 0.2) is 24.8 Å². The fourth-order valence-electron chi connectivity index (χ4n) is 0.816. The zero-order chi connectivity index (χ0) is 10.8. The molecular weight excluding hydrogens is 217 g/mol. The quantitative estimate of drug-likeness (QED) is 0.742. The minimum absolute atomic E-state index is 0.110. The minimum atomic E-state index is -4.75.